The van der Waals surface area contributed by atoms with Gasteiger partial charge in [0.15, 0.2) is 0 Å². The number of nitro benzene ring substituents is 1. The number of amides is 1. The molecule has 0 aromatic heterocycles. The largest absolute Gasteiger partial charge is 0.491 e. The highest BCUT2D eigenvalue weighted by atomic mass is 16.6. The van der Waals surface area contributed by atoms with Crippen LogP contribution >= 0.6 is 0 Å². The highest BCUT2D eigenvalue weighted by molar-refractivity contribution is 5.94. The lowest BCUT2D eigenvalue weighted by molar-refractivity contribution is -0.384. The third-order valence-electron chi connectivity index (χ3n) is 3.52. The Morgan fingerprint density at radius 3 is 2.68 bits per heavy atom. The minimum atomic E-state index is -0.511. The van der Waals surface area contributed by atoms with E-state index in [0.717, 1.165) is 24.2 Å². The molecule has 0 radical (unpaired) electrons. The summed E-state index contributed by atoms with van der Waals surface area (Å²) in [4.78, 5) is 22.3. The maximum atomic E-state index is 12.1. The van der Waals surface area contributed by atoms with Crippen molar-refractivity contribution in [3.05, 3.63) is 69.8 Å². The molecule has 132 valence electrons. The first-order chi connectivity index (χ1) is 12.0. The number of benzene rings is 2. The summed E-state index contributed by atoms with van der Waals surface area (Å²) in [7, 11) is 0. The summed E-state index contributed by atoms with van der Waals surface area (Å²) in [6, 6.07) is 13.6. The second kappa shape index (κ2) is 8.82. The molecule has 2 aromatic rings. The summed E-state index contributed by atoms with van der Waals surface area (Å²) in [5, 5.41) is 13.5. The topological polar surface area (TPSA) is 81.5 Å². The lowest BCUT2D eigenvalue weighted by Crippen LogP contribution is -2.24. The predicted octanol–water partition coefficient (Wildman–Crippen LogP) is 3.74. The zero-order valence-corrected chi connectivity index (χ0v) is 14.4. The van der Waals surface area contributed by atoms with E-state index in [0.29, 0.717) is 12.1 Å². The van der Waals surface area contributed by atoms with Crippen LogP contribution in [0.4, 0.5) is 5.69 Å². The van der Waals surface area contributed by atoms with Gasteiger partial charge in [-0.3, -0.25) is 14.9 Å². The second-order valence-electron chi connectivity index (χ2n) is 5.98. The molecule has 1 amide bonds. The molecule has 25 heavy (non-hydrogen) atoms. The number of hydrogen-bond acceptors (Lipinski definition) is 4. The minimum Gasteiger partial charge on any atom is -0.491 e. The van der Waals surface area contributed by atoms with Crippen molar-refractivity contribution in [1.82, 2.24) is 5.32 Å². The van der Waals surface area contributed by atoms with Gasteiger partial charge in [-0.2, -0.15) is 0 Å². The summed E-state index contributed by atoms with van der Waals surface area (Å²) < 4.78 is 5.66. The molecular formula is C19H22N2O4. The first kappa shape index (κ1) is 18.4. The smallest absolute Gasteiger partial charge is 0.270 e. The molecular weight excluding hydrogens is 320 g/mol. The van der Waals surface area contributed by atoms with Crippen LogP contribution in [0.15, 0.2) is 48.5 Å². The molecule has 0 heterocycles. The van der Waals surface area contributed by atoms with Gasteiger partial charge in [0.05, 0.1) is 11.0 Å². The maximum Gasteiger partial charge on any atom is 0.270 e. The molecule has 0 aliphatic rings. The molecule has 0 unspecified atom stereocenters. The van der Waals surface area contributed by atoms with Crippen LogP contribution in [0.25, 0.3) is 0 Å². The zero-order valence-electron chi connectivity index (χ0n) is 14.4. The summed E-state index contributed by atoms with van der Waals surface area (Å²) >= 11 is 0. The van der Waals surface area contributed by atoms with Crippen LogP contribution in [0.2, 0.25) is 0 Å². The average molecular weight is 342 g/mol. The fourth-order valence-electron chi connectivity index (χ4n) is 2.40. The number of rotatable bonds is 8. The Morgan fingerprint density at radius 2 is 1.96 bits per heavy atom. The molecule has 0 aliphatic heterocycles. The Labute approximate surface area is 147 Å². The van der Waals surface area contributed by atoms with Gasteiger partial charge < -0.3 is 10.1 Å². The molecule has 0 saturated heterocycles. The van der Waals surface area contributed by atoms with E-state index < -0.39 is 4.92 Å². The second-order valence-corrected chi connectivity index (χ2v) is 5.98. The molecule has 0 aliphatic carbocycles. The lowest BCUT2D eigenvalue weighted by atomic mass is 10.1. The van der Waals surface area contributed by atoms with E-state index in [2.05, 4.69) is 5.32 Å². The molecule has 0 spiro atoms. The monoisotopic (exact) mass is 342 g/mol. The predicted molar refractivity (Wildman–Crippen MR) is 96.0 cm³/mol. The van der Waals surface area contributed by atoms with Gasteiger partial charge in [0.1, 0.15) is 5.75 Å². The van der Waals surface area contributed by atoms with Crippen molar-refractivity contribution in [3.63, 3.8) is 0 Å². The Hall–Kier alpha value is -2.89. The van der Waals surface area contributed by atoms with Crippen molar-refractivity contribution >= 4 is 11.6 Å². The van der Waals surface area contributed by atoms with Gasteiger partial charge in [-0.25, -0.2) is 0 Å². The first-order valence-electron chi connectivity index (χ1n) is 8.24. The van der Waals surface area contributed by atoms with Gasteiger partial charge in [-0.15, -0.1) is 0 Å². The van der Waals surface area contributed by atoms with Crippen LogP contribution in [0, 0.1) is 10.1 Å². The Balaban J connectivity index is 1.82. The number of non-ortho nitro benzene ring substituents is 1. The number of ether oxygens (including phenoxy) is 1. The Kier molecular flexibility index (Phi) is 6.51. The average Bonchev–Trinajstić information content (AvgIpc) is 2.58. The van der Waals surface area contributed by atoms with Gasteiger partial charge in [-0.05, 0) is 50.5 Å². The molecule has 2 aromatic carbocycles. The molecule has 0 atom stereocenters. The SMILES string of the molecule is CC(C)Oc1cccc(CCCNC(=O)c2cccc([N+](=O)[O-])c2)c1. The summed E-state index contributed by atoms with van der Waals surface area (Å²) in [5.74, 6) is 0.536. The number of carbonyl (C=O) groups excluding carboxylic acids is 1. The van der Waals surface area contributed by atoms with E-state index in [1.807, 2.05) is 38.1 Å². The normalized spacial score (nSPS) is 10.5. The van der Waals surface area contributed by atoms with E-state index in [4.69, 9.17) is 4.74 Å². The third kappa shape index (κ3) is 5.91. The van der Waals surface area contributed by atoms with Gasteiger partial charge in [-0.1, -0.05) is 18.2 Å². The number of aryl methyl sites for hydroxylation is 1. The number of carbonyl (C=O) groups is 1. The fourth-order valence-corrected chi connectivity index (χ4v) is 2.40. The van der Waals surface area contributed by atoms with E-state index in [1.54, 1.807) is 6.07 Å². The standard InChI is InChI=1S/C19H22N2O4/c1-14(2)25-18-10-3-6-15(12-18)7-5-11-20-19(22)16-8-4-9-17(13-16)21(23)24/h3-4,6,8-10,12-14H,5,7,11H2,1-2H3,(H,20,22). The number of nitrogens with one attached hydrogen (secondary N) is 1. The minimum absolute atomic E-state index is 0.0883. The van der Waals surface area contributed by atoms with Crippen LogP contribution in [-0.4, -0.2) is 23.5 Å². The van der Waals surface area contributed by atoms with E-state index in [1.165, 1.54) is 18.2 Å². The van der Waals surface area contributed by atoms with Gasteiger partial charge in [0.25, 0.3) is 11.6 Å². The lowest BCUT2D eigenvalue weighted by Gasteiger charge is -2.11. The quantitative estimate of drug-likeness (QED) is 0.450. The number of nitrogens with zero attached hydrogens (tertiary/aromatic N) is 1. The fraction of sp³-hybridized carbons (Fsp3) is 0.316. The maximum absolute atomic E-state index is 12.1. The summed E-state index contributed by atoms with van der Waals surface area (Å²) in [6.45, 7) is 4.46. The van der Waals surface area contributed by atoms with Gasteiger partial charge in [0.2, 0.25) is 0 Å². The van der Waals surface area contributed by atoms with Crippen LogP contribution < -0.4 is 10.1 Å². The summed E-state index contributed by atoms with van der Waals surface area (Å²) in [5.41, 5.74) is 1.35. The molecule has 6 heteroatoms. The first-order valence-corrected chi connectivity index (χ1v) is 8.24. The zero-order chi connectivity index (χ0) is 18.2. The summed E-state index contributed by atoms with van der Waals surface area (Å²) in [6.07, 6.45) is 1.71. The van der Waals surface area contributed by atoms with Crippen molar-refractivity contribution in [3.8, 4) is 5.75 Å². The highest BCUT2D eigenvalue weighted by Gasteiger charge is 2.10. The Bertz CT molecular complexity index is 744. The van der Waals surface area contributed by atoms with Crippen molar-refractivity contribution in [1.29, 1.82) is 0 Å². The number of hydrogen-bond donors (Lipinski definition) is 1. The van der Waals surface area contributed by atoms with E-state index >= 15 is 0 Å². The van der Waals surface area contributed by atoms with Crippen LogP contribution in [0.1, 0.15) is 36.2 Å². The molecule has 6 nitrogen and oxygen atoms in total. The third-order valence-corrected chi connectivity index (χ3v) is 3.52. The van der Waals surface area contributed by atoms with Crippen molar-refractivity contribution < 1.29 is 14.5 Å². The van der Waals surface area contributed by atoms with Crippen LogP contribution in [-0.2, 0) is 6.42 Å². The molecule has 0 saturated carbocycles. The van der Waals surface area contributed by atoms with Crippen molar-refractivity contribution in [2.75, 3.05) is 6.54 Å². The molecule has 1 N–H and O–H groups in total. The van der Waals surface area contributed by atoms with E-state index in [-0.39, 0.29) is 17.7 Å². The van der Waals surface area contributed by atoms with Gasteiger partial charge >= 0.3 is 0 Å². The van der Waals surface area contributed by atoms with Crippen molar-refractivity contribution in [2.24, 2.45) is 0 Å². The van der Waals surface area contributed by atoms with Crippen LogP contribution in [0.3, 0.4) is 0 Å². The molecule has 2 rings (SSSR count). The highest BCUT2D eigenvalue weighted by Crippen LogP contribution is 2.16. The van der Waals surface area contributed by atoms with Gasteiger partial charge in [0, 0.05) is 24.2 Å². The molecule has 0 fully saturated rings. The van der Waals surface area contributed by atoms with E-state index in [9.17, 15) is 14.9 Å². The number of nitro groups is 1. The van der Waals surface area contributed by atoms with Crippen molar-refractivity contribution in [2.45, 2.75) is 32.8 Å². The Morgan fingerprint density at radius 1 is 1.20 bits per heavy atom. The molecule has 0 bridgehead atoms. The van der Waals surface area contributed by atoms with Crippen LogP contribution in [0.5, 0.6) is 5.75 Å².